The molecule has 2 rings (SSSR count). The molecule has 6 nitrogen and oxygen atoms in total. The van der Waals surface area contributed by atoms with Gasteiger partial charge in [-0.15, -0.1) is 0 Å². The van der Waals surface area contributed by atoms with Crippen molar-refractivity contribution in [2.75, 3.05) is 46.0 Å². The first-order chi connectivity index (χ1) is 12.7. The van der Waals surface area contributed by atoms with Crippen LogP contribution in [0.2, 0.25) is 0 Å². The van der Waals surface area contributed by atoms with Gasteiger partial charge in [-0.3, -0.25) is 4.79 Å². The van der Waals surface area contributed by atoms with Crippen LogP contribution in [0.1, 0.15) is 21.7 Å². The number of aromatic nitrogens is 2. The van der Waals surface area contributed by atoms with Crippen molar-refractivity contribution in [1.82, 2.24) is 15.3 Å². The normalized spacial score (nSPS) is 11.0. The van der Waals surface area contributed by atoms with Gasteiger partial charge in [-0.25, -0.2) is 9.97 Å². The molecule has 1 aromatic heterocycles. The first kappa shape index (κ1) is 21.0. The predicted octanol–water partition coefficient (Wildman–Crippen LogP) is 2.75. The van der Waals surface area contributed by atoms with Crippen molar-refractivity contribution < 1.29 is 14.3 Å². The van der Waals surface area contributed by atoms with Gasteiger partial charge in [0.05, 0.1) is 42.2 Å². The minimum atomic E-state index is -0.136. The predicted molar refractivity (Wildman–Crippen MR) is 109 cm³/mol. The van der Waals surface area contributed by atoms with Gasteiger partial charge >= 0.3 is 0 Å². The number of hydrogen-bond donors (Lipinski definition) is 1. The van der Waals surface area contributed by atoms with Gasteiger partial charge in [-0.05, 0) is 30.7 Å². The molecule has 0 bridgehead atoms. The SMILES string of the molecule is COCCOCCNC(=O)c1ccc2nc(CSC)c(CSC)nc2c1. The maximum Gasteiger partial charge on any atom is 0.251 e. The summed E-state index contributed by atoms with van der Waals surface area (Å²) in [5.41, 5.74) is 4.16. The summed E-state index contributed by atoms with van der Waals surface area (Å²) < 4.78 is 10.2. The summed E-state index contributed by atoms with van der Waals surface area (Å²) in [6.45, 7) is 1.98. The molecule has 0 aliphatic rings. The minimum Gasteiger partial charge on any atom is -0.382 e. The molecule has 26 heavy (non-hydrogen) atoms. The molecule has 0 aliphatic carbocycles. The number of rotatable bonds is 11. The molecule has 1 aromatic carbocycles. The monoisotopic (exact) mass is 395 g/mol. The zero-order valence-electron chi connectivity index (χ0n) is 15.4. The van der Waals surface area contributed by atoms with Crippen LogP contribution < -0.4 is 5.32 Å². The van der Waals surface area contributed by atoms with E-state index in [0.29, 0.717) is 31.9 Å². The average molecular weight is 396 g/mol. The van der Waals surface area contributed by atoms with Crippen molar-refractivity contribution in [3.8, 4) is 0 Å². The second-order valence-electron chi connectivity index (χ2n) is 5.55. The lowest BCUT2D eigenvalue weighted by Crippen LogP contribution is -2.27. The number of thioether (sulfide) groups is 2. The Bertz CT molecular complexity index is 728. The van der Waals surface area contributed by atoms with Crippen molar-refractivity contribution in [2.45, 2.75) is 11.5 Å². The van der Waals surface area contributed by atoms with Crippen LogP contribution in [0.4, 0.5) is 0 Å². The van der Waals surface area contributed by atoms with E-state index in [-0.39, 0.29) is 5.91 Å². The number of fused-ring (bicyclic) bond motifs is 1. The van der Waals surface area contributed by atoms with Crippen molar-refractivity contribution in [3.63, 3.8) is 0 Å². The zero-order chi connectivity index (χ0) is 18.8. The third-order valence-corrected chi connectivity index (χ3v) is 4.73. The lowest BCUT2D eigenvalue weighted by Gasteiger charge is -2.10. The lowest BCUT2D eigenvalue weighted by atomic mass is 10.1. The Balaban J connectivity index is 2.06. The van der Waals surface area contributed by atoms with Gasteiger partial charge in [0.1, 0.15) is 0 Å². The number of ether oxygens (including phenoxy) is 2. The molecule has 0 unspecified atom stereocenters. The Morgan fingerprint density at radius 2 is 1.73 bits per heavy atom. The van der Waals surface area contributed by atoms with Gasteiger partial charge in [0.15, 0.2) is 0 Å². The van der Waals surface area contributed by atoms with E-state index in [0.717, 1.165) is 33.9 Å². The van der Waals surface area contributed by atoms with Crippen LogP contribution in [0.3, 0.4) is 0 Å². The highest BCUT2D eigenvalue weighted by atomic mass is 32.2. The third kappa shape index (κ3) is 6.12. The molecule has 0 aliphatic heterocycles. The van der Waals surface area contributed by atoms with Crippen LogP contribution in [-0.2, 0) is 21.0 Å². The zero-order valence-corrected chi connectivity index (χ0v) is 17.0. The van der Waals surface area contributed by atoms with E-state index in [4.69, 9.17) is 19.4 Å². The molecule has 0 radical (unpaired) electrons. The summed E-state index contributed by atoms with van der Waals surface area (Å²) in [5.74, 6) is 1.52. The van der Waals surface area contributed by atoms with Crippen molar-refractivity contribution in [2.24, 2.45) is 0 Å². The number of nitrogens with one attached hydrogen (secondary N) is 1. The highest BCUT2D eigenvalue weighted by molar-refractivity contribution is 7.98. The van der Waals surface area contributed by atoms with Crippen LogP contribution in [0.25, 0.3) is 11.0 Å². The van der Waals surface area contributed by atoms with Crippen LogP contribution >= 0.6 is 23.5 Å². The average Bonchev–Trinajstić information content (AvgIpc) is 2.65. The number of methoxy groups -OCH3 is 1. The largest absolute Gasteiger partial charge is 0.382 e. The Labute approximate surface area is 162 Å². The van der Waals surface area contributed by atoms with Gasteiger partial charge in [0.25, 0.3) is 5.91 Å². The number of nitrogens with zero attached hydrogens (tertiary/aromatic N) is 2. The summed E-state index contributed by atoms with van der Waals surface area (Å²) in [6, 6.07) is 5.45. The fourth-order valence-corrected chi connectivity index (χ4v) is 3.37. The summed E-state index contributed by atoms with van der Waals surface area (Å²) >= 11 is 3.45. The molecular weight excluding hydrogens is 370 g/mol. The number of amides is 1. The van der Waals surface area contributed by atoms with Crippen LogP contribution in [0.15, 0.2) is 18.2 Å². The Kier molecular flexibility index (Phi) is 9.17. The van der Waals surface area contributed by atoms with Gasteiger partial charge < -0.3 is 14.8 Å². The van der Waals surface area contributed by atoms with Crippen LogP contribution in [0.5, 0.6) is 0 Å². The van der Waals surface area contributed by atoms with Gasteiger partial charge in [-0.2, -0.15) is 23.5 Å². The van der Waals surface area contributed by atoms with Crippen molar-refractivity contribution in [3.05, 3.63) is 35.2 Å². The smallest absolute Gasteiger partial charge is 0.251 e. The molecule has 0 saturated carbocycles. The lowest BCUT2D eigenvalue weighted by molar-refractivity contribution is 0.0693. The standard InChI is InChI=1S/C18H25N3O3S2/c1-23-8-9-24-7-6-19-18(22)13-4-5-14-15(10-13)21-17(12-26-3)16(20-14)11-25-2/h4-5,10H,6-9,11-12H2,1-3H3,(H,19,22). The number of benzene rings is 1. The Morgan fingerprint density at radius 1 is 1.04 bits per heavy atom. The quantitative estimate of drug-likeness (QED) is 0.587. The van der Waals surface area contributed by atoms with Crippen LogP contribution in [0, 0.1) is 0 Å². The molecule has 1 N–H and O–H groups in total. The molecule has 0 atom stereocenters. The van der Waals surface area contributed by atoms with Gasteiger partial charge in [0, 0.05) is 30.7 Å². The fraction of sp³-hybridized carbons (Fsp3) is 0.500. The number of carbonyl (C=O) groups is 1. The minimum absolute atomic E-state index is 0.136. The van der Waals surface area contributed by atoms with Gasteiger partial charge in [-0.1, -0.05) is 0 Å². The Morgan fingerprint density at radius 3 is 2.38 bits per heavy atom. The second-order valence-corrected chi connectivity index (χ2v) is 7.28. The molecule has 2 aromatic rings. The fourth-order valence-electron chi connectivity index (χ4n) is 2.36. The first-order valence-corrected chi connectivity index (χ1v) is 11.1. The van der Waals surface area contributed by atoms with E-state index < -0.39 is 0 Å². The summed E-state index contributed by atoms with van der Waals surface area (Å²) in [6.07, 6.45) is 4.11. The molecule has 1 heterocycles. The third-order valence-electron chi connectivity index (χ3n) is 3.61. The maximum atomic E-state index is 12.3. The molecular formula is C18H25N3O3S2. The molecule has 8 heteroatoms. The maximum absolute atomic E-state index is 12.3. The van der Waals surface area contributed by atoms with Crippen molar-refractivity contribution >= 4 is 40.5 Å². The van der Waals surface area contributed by atoms with E-state index >= 15 is 0 Å². The summed E-state index contributed by atoms with van der Waals surface area (Å²) in [4.78, 5) is 21.8. The highest BCUT2D eigenvalue weighted by Gasteiger charge is 2.11. The summed E-state index contributed by atoms with van der Waals surface area (Å²) in [7, 11) is 1.63. The van der Waals surface area contributed by atoms with E-state index in [9.17, 15) is 4.79 Å². The Hall–Kier alpha value is -1.35. The van der Waals surface area contributed by atoms with E-state index in [2.05, 4.69) is 11.6 Å². The van der Waals surface area contributed by atoms with E-state index in [1.807, 2.05) is 12.3 Å². The van der Waals surface area contributed by atoms with Crippen molar-refractivity contribution in [1.29, 1.82) is 0 Å². The number of carbonyl (C=O) groups excluding carboxylic acids is 1. The number of hydrogen-bond acceptors (Lipinski definition) is 7. The highest BCUT2D eigenvalue weighted by Crippen LogP contribution is 2.20. The first-order valence-electron chi connectivity index (χ1n) is 8.32. The van der Waals surface area contributed by atoms with Crippen LogP contribution in [-0.4, -0.2) is 61.9 Å². The topological polar surface area (TPSA) is 73.3 Å². The molecule has 0 saturated heterocycles. The van der Waals surface area contributed by atoms with Gasteiger partial charge in [0.2, 0.25) is 0 Å². The molecule has 142 valence electrons. The van der Waals surface area contributed by atoms with E-state index in [1.54, 1.807) is 42.8 Å². The second kappa shape index (κ2) is 11.4. The van der Waals surface area contributed by atoms with E-state index in [1.165, 1.54) is 0 Å². The summed E-state index contributed by atoms with van der Waals surface area (Å²) in [5, 5.41) is 2.85. The molecule has 0 fully saturated rings. The molecule has 1 amide bonds. The molecule has 0 spiro atoms.